The second-order valence-corrected chi connectivity index (χ2v) is 6.05. The third-order valence-electron chi connectivity index (χ3n) is 4.56. The molecule has 0 spiro atoms. The van der Waals surface area contributed by atoms with E-state index in [1.54, 1.807) is 30.6 Å². The summed E-state index contributed by atoms with van der Waals surface area (Å²) in [6, 6.07) is 5.11. The van der Waals surface area contributed by atoms with E-state index in [2.05, 4.69) is 38.5 Å². The number of hydrogen-bond donors (Lipinski definition) is 0. The van der Waals surface area contributed by atoms with Gasteiger partial charge in [0.05, 0.1) is 13.2 Å². The lowest BCUT2D eigenvalue weighted by Crippen LogP contribution is -2.21. The van der Waals surface area contributed by atoms with Gasteiger partial charge in [-0.05, 0) is 55.5 Å². The van der Waals surface area contributed by atoms with Crippen LogP contribution in [0.5, 0.6) is 5.75 Å². The smallest absolute Gasteiger partial charge is 0.199 e. The predicted octanol–water partition coefficient (Wildman–Crippen LogP) is 3.90. The summed E-state index contributed by atoms with van der Waals surface area (Å²) in [7, 11) is 1.47. The number of fused-ring (bicyclic) bond motifs is 1. The summed E-state index contributed by atoms with van der Waals surface area (Å²) in [5.41, 5.74) is 1.98. The summed E-state index contributed by atoms with van der Waals surface area (Å²) in [4.78, 5) is 19.1. The first-order valence-corrected chi connectivity index (χ1v) is 8.75. The lowest BCUT2D eigenvalue weighted by atomic mass is 10.0. The van der Waals surface area contributed by atoms with Crippen molar-refractivity contribution >= 4 is 12.6 Å². The number of amidine groups is 1. The van der Waals surface area contributed by atoms with Crippen LogP contribution in [-0.2, 0) is 6.54 Å². The van der Waals surface area contributed by atoms with E-state index in [4.69, 9.17) is 4.74 Å². The summed E-state index contributed by atoms with van der Waals surface area (Å²) < 4.78 is 19.3. The van der Waals surface area contributed by atoms with E-state index in [9.17, 15) is 4.39 Å². The molecule has 1 aliphatic rings. The zero-order valence-electron chi connectivity index (χ0n) is 15.7. The number of benzene rings is 1. The Bertz CT molecular complexity index is 895. The van der Waals surface area contributed by atoms with Gasteiger partial charge in [0.1, 0.15) is 5.82 Å². The number of halogens is 1. The van der Waals surface area contributed by atoms with E-state index in [1.807, 2.05) is 13.0 Å². The molecule has 0 N–H and O–H groups in total. The van der Waals surface area contributed by atoms with Gasteiger partial charge in [0.25, 0.3) is 0 Å². The molecule has 0 radical (unpaired) electrons. The minimum atomic E-state index is -0.357. The zero-order chi connectivity index (χ0) is 19.4. The number of nitrogens with zero attached hydrogens (tertiary/aromatic N) is 5. The van der Waals surface area contributed by atoms with Crippen molar-refractivity contribution in [3.63, 3.8) is 0 Å². The van der Waals surface area contributed by atoms with Crippen LogP contribution in [0, 0.1) is 5.82 Å². The Hall–Kier alpha value is -3.09. The van der Waals surface area contributed by atoms with Crippen molar-refractivity contribution in [1.82, 2.24) is 14.9 Å². The summed E-state index contributed by atoms with van der Waals surface area (Å²) in [5, 5.41) is 0. The van der Waals surface area contributed by atoms with Gasteiger partial charge in [-0.2, -0.15) is 0 Å². The van der Waals surface area contributed by atoms with Crippen molar-refractivity contribution in [3.8, 4) is 5.75 Å². The molecule has 1 aromatic heterocycles. The van der Waals surface area contributed by atoms with Crippen molar-refractivity contribution < 1.29 is 9.13 Å². The van der Waals surface area contributed by atoms with Crippen molar-refractivity contribution in [3.05, 3.63) is 65.3 Å². The zero-order valence-corrected chi connectivity index (χ0v) is 15.7. The molecule has 0 amide bonds. The van der Waals surface area contributed by atoms with Crippen LogP contribution in [0.3, 0.4) is 0 Å². The topological polar surface area (TPSA) is 63.0 Å². The van der Waals surface area contributed by atoms with Gasteiger partial charge >= 0.3 is 0 Å². The molecular formula is C20H22FN5O. The van der Waals surface area contributed by atoms with Crippen molar-refractivity contribution in [2.45, 2.75) is 32.9 Å². The van der Waals surface area contributed by atoms with Gasteiger partial charge in [-0.1, -0.05) is 6.92 Å². The van der Waals surface area contributed by atoms with Gasteiger partial charge in [0.2, 0.25) is 0 Å². The molecule has 0 aliphatic carbocycles. The van der Waals surface area contributed by atoms with E-state index in [0.717, 1.165) is 17.5 Å². The average molecular weight is 367 g/mol. The van der Waals surface area contributed by atoms with E-state index in [-0.39, 0.29) is 17.6 Å². The molecule has 2 heterocycles. The highest BCUT2D eigenvalue weighted by Gasteiger charge is 2.32. The second-order valence-electron chi connectivity index (χ2n) is 6.05. The van der Waals surface area contributed by atoms with Crippen LogP contribution < -0.4 is 4.74 Å². The maximum atomic E-state index is 14.1. The van der Waals surface area contributed by atoms with E-state index in [1.165, 1.54) is 7.11 Å². The third kappa shape index (κ3) is 3.58. The first kappa shape index (κ1) is 18.7. The first-order chi connectivity index (χ1) is 13.1. The van der Waals surface area contributed by atoms with Crippen LogP contribution >= 0.6 is 0 Å². The fourth-order valence-corrected chi connectivity index (χ4v) is 3.33. The molecule has 1 aromatic carbocycles. The molecular weight excluding hydrogens is 345 g/mol. The Morgan fingerprint density at radius 3 is 2.74 bits per heavy atom. The van der Waals surface area contributed by atoms with Crippen LogP contribution in [0.4, 0.5) is 4.39 Å². The lowest BCUT2D eigenvalue weighted by Gasteiger charge is -2.26. The van der Waals surface area contributed by atoms with Gasteiger partial charge in [-0.25, -0.2) is 24.3 Å². The van der Waals surface area contributed by atoms with E-state index in [0.29, 0.717) is 24.0 Å². The normalized spacial score (nSPS) is 17.0. The molecule has 1 aliphatic heterocycles. The highest BCUT2D eigenvalue weighted by molar-refractivity contribution is 5.98. The summed E-state index contributed by atoms with van der Waals surface area (Å²) >= 11 is 0. The SMILES string of the molecule is C=NC(=N/C(=C\C)N1Cc2cc(F)c(OC)cc2C1CC)c1ncccn1. The van der Waals surface area contributed by atoms with Crippen molar-refractivity contribution in [1.29, 1.82) is 0 Å². The Balaban J connectivity index is 1.99. The first-order valence-electron chi connectivity index (χ1n) is 8.75. The number of ether oxygens (including phenoxy) is 1. The molecule has 6 nitrogen and oxygen atoms in total. The Morgan fingerprint density at radius 1 is 1.41 bits per heavy atom. The summed E-state index contributed by atoms with van der Waals surface area (Å²) in [6.45, 7) is 8.14. The van der Waals surface area contributed by atoms with Crippen LogP contribution in [0.2, 0.25) is 0 Å². The summed E-state index contributed by atoms with van der Waals surface area (Å²) in [5.74, 6) is 1.37. The second kappa shape index (κ2) is 8.07. The Kier molecular flexibility index (Phi) is 5.59. The maximum absolute atomic E-state index is 14.1. The fraction of sp³-hybridized carbons (Fsp3) is 0.300. The largest absolute Gasteiger partial charge is 0.494 e. The van der Waals surface area contributed by atoms with Crippen LogP contribution in [0.1, 0.15) is 43.3 Å². The van der Waals surface area contributed by atoms with Crippen LogP contribution in [0.15, 0.2) is 52.5 Å². The van der Waals surface area contributed by atoms with Crippen molar-refractivity contribution in [2.75, 3.05) is 7.11 Å². The highest BCUT2D eigenvalue weighted by atomic mass is 19.1. The molecule has 0 saturated carbocycles. The van der Waals surface area contributed by atoms with Gasteiger partial charge in [-0.3, -0.25) is 0 Å². The average Bonchev–Trinajstić information content (AvgIpc) is 3.05. The molecule has 0 fully saturated rings. The molecule has 0 saturated heterocycles. The Morgan fingerprint density at radius 2 is 2.15 bits per heavy atom. The monoisotopic (exact) mass is 367 g/mol. The van der Waals surface area contributed by atoms with Gasteiger partial charge in [0, 0.05) is 18.9 Å². The fourth-order valence-electron chi connectivity index (χ4n) is 3.33. The molecule has 2 aromatic rings. The quantitative estimate of drug-likeness (QED) is 0.594. The van der Waals surface area contributed by atoms with Gasteiger partial charge < -0.3 is 9.64 Å². The summed E-state index contributed by atoms with van der Waals surface area (Å²) in [6.07, 6.45) is 6.01. The highest BCUT2D eigenvalue weighted by Crippen LogP contribution is 2.41. The molecule has 1 atom stereocenters. The molecule has 1 unspecified atom stereocenters. The molecule has 27 heavy (non-hydrogen) atoms. The van der Waals surface area contributed by atoms with Gasteiger partial charge in [-0.15, -0.1) is 0 Å². The van der Waals surface area contributed by atoms with Gasteiger partial charge in [0.15, 0.2) is 23.2 Å². The molecule has 140 valence electrons. The van der Waals surface area contributed by atoms with E-state index >= 15 is 0 Å². The number of allylic oxidation sites excluding steroid dienone is 1. The number of hydrogen-bond acceptors (Lipinski definition) is 5. The van der Waals surface area contributed by atoms with Crippen molar-refractivity contribution in [2.24, 2.45) is 9.98 Å². The predicted molar refractivity (Wildman–Crippen MR) is 103 cm³/mol. The third-order valence-corrected chi connectivity index (χ3v) is 4.56. The number of methoxy groups -OCH3 is 1. The molecule has 3 rings (SSSR count). The molecule has 7 heteroatoms. The van der Waals surface area contributed by atoms with Crippen LogP contribution in [-0.4, -0.2) is 34.5 Å². The molecule has 0 bridgehead atoms. The number of aromatic nitrogens is 2. The number of rotatable bonds is 5. The Labute approximate surface area is 158 Å². The minimum Gasteiger partial charge on any atom is -0.494 e. The standard InChI is InChI=1S/C20H22FN5O/c1-5-16-14-11-17(27-4)15(21)10-13(14)12-26(16)18(6-2)25-19(22-3)20-23-8-7-9-24-20/h6-11,16H,3,5,12H2,1-2,4H3/b18-6+,25-19?. The number of aliphatic imine (C=N–C) groups is 2. The van der Waals surface area contributed by atoms with E-state index < -0.39 is 0 Å². The minimum absolute atomic E-state index is 0.0622. The lowest BCUT2D eigenvalue weighted by molar-refractivity contribution is 0.269. The maximum Gasteiger partial charge on any atom is 0.199 e. The van der Waals surface area contributed by atoms with Crippen LogP contribution in [0.25, 0.3) is 0 Å².